The average Bonchev–Trinajstić information content (AvgIpc) is 3.49. The van der Waals surface area contributed by atoms with E-state index in [2.05, 4.69) is 22.1 Å². The number of carbonyl (C=O) groups excluding carboxylic acids is 4. The summed E-state index contributed by atoms with van der Waals surface area (Å²) in [5, 5.41) is 41.0. The number of Topliss-reactive ketones (excluding diaryl/α,β-unsaturated/α-hetero) is 2. The number of aromatic hydroxyl groups is 1. The molecular weight excluding hydrogens is 785 g/mol. The van der Waals surface area contributed by atoms with Crippen molar-refractivity contribution in [2.75, 3.05) is 33.3 Å². The van der Waals surface area contributed by atoms with Gasteiger partial charge in [-0.2, -0.15) is 0 Å². The number of carbonyl (C=O) groups is 4. The van der Waals surface area contributed by atoms with E-state index in [0.717, 1.165) is 19.6 Å². The minimum Gasteiger partial charge on any atom is -0.507 e. The number of hydrogen-bond acceptors (Lipinski definition) is 14. The van der Waals surface area contributed by atoms with Crippen molar-refractivity contribution in [1.82, 2.24) is 15.5 Å². The van der Waals surface area contributed by atoms with E-state index in [1.54, 1.807) is 58.9 Å². The normalized spacial score (nSPS) is 33.9. The Bertz CT molecular complexity index is 2130. The summed E-state index contributed by atoms with van der Waals surface area (Å²) in [6, 6.07) is 0. The van der Waals surface area contributed by atoms with Gasteiger partial charge in [0.1, 0.15) is 23.3 Å². The number of nitrogens with zero attached hydrogens (tertiary/aromatic N) is 2. The zero-order valence-electron chi connectivity index (χ0n) is 36.5. The second-order valence-electron chi connectivity index (χ2n) is 17.3. The number of likely N-dealkylation sites (tertiary alicyclic amines) is 1. The standard InChI is InChI=1S/C46H60N4O11/c1-11-18-50-19-16-46(17-20-50)22-47-35-34(49-46)31-32-39(54)28(7)42-33(31)43(56)45(9,61-42)59-21-15-30(58-10)25(4)41(60-29(8)51)27(6)38(53)26(5)37(52)23(2)13-12-14-24(3)44(57)48-36(35)40(32)55/h11-15,21,23,25-27,30,37-38,41,47,52-54H,1,16-20,22H2,2-10H3,(H,48,57)/b13-12+,21-15+,24-14-/t23-,25+,26+,27+,30-,37-,38+,41+,45-/m0/s1. The number of nitrogens with one attached hydrogen (secondary N) is 2. The first-order chi connectivity index (χ1) is 28.8. The van der Waals surface area contributed by atoms with Crippen molar-refractivity contribution >= 4 is 29.2 Å². The number of aliphatic hydroxyl groups is 2. The van der Waals surface area contributed by atoms with E-state index in [4.69, 9.17) is 23.9 Å². The Kier molecular flexibility index (Phi) is 13.2. The number of methoxy groups -OCH3 is 1. The molecule has 6 aliphatic rings. The summed E-state index contributed by atoms with van der Waals surface area (Å²) >= 11 is 0. The van der Waals surface area contributed by atoms with Crippen LogP contribution in [0, 0.1) is 30.6 Å². The third-order valence-electron chi connectivity index (χ3n) is 13.1. The molecule has 15 nitrogen and oxygen atoms in total. The fourth-order valence-corrected chi connectivity index (χ4v) is 9.14. The average molecular weight is 845 g/mol. The van der Waals surface area contributed by atoms with Gasteiger partial charge in [-0.3, -0.25) is 29.1 Å². The number of aliphatic imine (C=N–C) groups is 1. The van der Waals surface area contributed by atoms with Gasteiger partial charge in [0.05, 0.1) is 52.6 Å². The summed E-state index contributed by atoms with van der Waals surface area (Å²) in [6.45, 7) is 19.2. The Morgan fingerprint density at radius 2 is 1.70 bits per heavy atom. The summed E-state index contributed by atoms with van der Waals surface area (Å²) in [5.41, 5.74) is -0.0502. The molecule has 0 unspecified atom stereocenters. The molecular formula is C46H60N4O11. The Labute approximate surface area is 357 Å². The quantitative estimate of drug-likeness (QED) is 0.213. The van der Waals surface area contributed by atoms with Gasteiger partial charge in [0.15, 0.2) is 0 Å². The van der Waals surface area contributed by atoms with Gasteiger partial charge in [0, 0.05) is 87.5 Å². The van der Waals surface area contributed by atoms with Gasteiger partial charge in [-0.25, -0.2) is 0 Å². The molecule has 1 spiro atoms. The maximum atomic E-state index is 14.8. The smallest absolute Gasteiger partial charge is 0.312 e. The maximum Gasteiger partial charge on any atom is 0.312 e. The summed E-state index contributed by atoms with van der Waals surface area (Å²) < 4.78 is 24.0. The largest absolute Gasteiger partial charge is 0.507 e. The maximum absolute atomic E-state index is 14.8. The minimum atomic E-state index is -1.98. The second kappa shape index (κ2) is 17.7. The highest BCUT2D eigenvalue weighted by Gasteiger charge is 2.53. The molecule has 1 aliphatic carbocycles. The molecule has 9 atom stereocenters. The molecule has 15 heteroatoms. The second-order valence-corrected chi connectivity index (χ2v) is 17.3. The number of esters is 1. The van der Waals surface area contributed by atoms with Crippen LogP contribution in [-0.2, 0) is 23.8 Å². The molecule has 330 valence electrons. The number of phenols is 1. The predicted molar refractivity (Wildman–Crippen MR) is 227 cm³/mol. The van der Waals surface area contributed by atoms with Gasteiger partial charge in [-0.1, -0.05) is 52.0 Å². The highest BCUT2D eigenvalue weighted by Crippen LogP contribution is 2.49. The number of rotatable bonds is 4. The lowest BCUT2D eigenvalue weighted by atomic mass is 9.78. The number of aliphatic hydroxyl groups excluding tert-OH is 2. The first-order valence-electron chi connectivity index (χ1n) is 21.0. The topological polar surface area (TPSA) is 206 Å². The van der Waals surface area contributed by atoms with E-state index in [-0.39, 0.29) is 50.7 Å². The summed E-state index contributed by atoms with van der Waals surface area (Å²) in [7, 11) is 1.46. The molecule has 0 aromatic heterocycles. The highest BCUT2D eigenvalue weighted by atomic mass is 16.7. The monoisotopic (exact) mass is 844 g/mol. The number of allylic oxidation sites excluding steroid dienone is 4. The number of ether oxygens (including phenoxy) is 4. The van der Waals surface area contributed by atoms with Crippen LogP contribution in [0.15, 0.2) is 65.2 Å². The number of ketones is 2. The van der Waals surface area contributed by atoms with Gasteiger partial charge in [0.2, 0.25) is 5.78 Å². The van der Waals surface area contributed by atoms with E-state index >= 15 is 0 Å². The van der Waals surface area contributed by atoms with Crippen molar-refractivity contribution < 1.29 is 53.4 Å². The molecule has 5 heterocycles. The molecule has 1 aromatic rings. The fourth-order valence-electron chi connectivity index (χ4n) is 9.14. The van der Waals surface area contributed by atoms with Gasteiger partial charge in [-0.15, -0.1) is 6.58 Å². The van der Waals surface area contributed by atoms with Gasteiger partial charge >= 0.3 is 11.8 Å². The molecule has 1 aromatic carbocycles. The van der Waals surface area contributed by atoms with Crippen LogP contribution in [0.2, 0.25) is 0 Å². The van der Waals surface area contributed by atoms with Gasteiger partial charge < -0.3 is 44.9 Å². The Hall–Kier alpha value is -5.09. The minimum absolute atomic E-state index is 0.00890. The van der Waals surface area contributed by atoms with E-state index in [1.165, 1.54) is 34.1 Å². The van der Waals surface area contributed by atoms with Crippen molar-refractivity contribution in [1.29, 1.82) is 0 Å². The lowest BCUT2D eigenvalue weighted by Gasteiger charge is -2.43. The molecule has 1 fully saturated rings. The van der Waals surface area contributed by atoms with Crippen molar-refractivity contribution in [3.8, 4) is 11.5 Å². The van der Waals surface area contributed by atoms with Crippen molar-refractivity contribution in [3.63, 3.8) is 0 Å². The Morgan fingerprint density at radius 3 is 2.34 bits per heavy atom. The number of phenolic OH excluding ortho intramolecular Hbond substituents is 1. The molecule has 5 bridgehead atoms. The molecule has 61 heavy (non-hydrogen) atoms. The number of benzene rings is 1. The summed E-state index contributed by atoms with van der Waals surface area (Å²) in [4.78, 5) is 63.2. The lowest BCUT2D eigenvalue weighted by molar-refractivity contribution is -0.160. The first-order valence-corrected chi connectivity index (χ1v) is 21.0. The molecule has 1 amide bonds. The molecule has 7 rings (SSSR count). The van der Waals surface area contributed by atoms with E-state index in [1.807, 2.05) is 6.08 Å². The first kappa shape index (κ1) is 45.4. The van der Waals surface area contributed by atoms with Crippen LogP contribution in [0.4, 0.5) is 0 Å². The Balaban J connectivity index is 1.51. The number of amides is 1. The Morgan fingerprint density at radius 1 is 1.02 bits per heavy atom. The van der Waals surface area contributed by atoms with Crippen LogP contribution < -0.4 is 15.4 Å². The number of hydrogen-bond donors (Lipinski definition) is 5. The van der Waals surface area contributed by atoms with Crippen LogP contribution in [0.25, 0.3) is 0 Å². The molecule has 5 aliphatic heterocycles. The van der Waals surface area contributed by atoms with E-state index in [9.17, 15) is 34.5 Å². The van der Waals surface area contributed by atoms with Crippen LogP contribution >= 0.6 is 0 Å². The highest BCUT2D eigenvalue weighted by molar-refractivity contribution is 6.34. The van der Waals surface area contributed by atoms with Gasteiger partial charge in [-0.05, 0) is 32.8 Å². The third-order valence-corrected chi connectivity index (χ3v) is 13.1. The van der Waals surface area contributed by atoms with Crippen molar-refractivity contribution in [3.05, 3.63) is 82.4 Å². The van der Waals surface area contributed by atoms with Crippen LogP contribution in [0.3, 0.4) is 0 Å². The summed E-state index contributed by atoms with van der Waals surface area (Å²) in [6.07, 6.45) is 7.02. The number of piperidine rings is 1. The molecule has 5 N–H and O–H groups in total. The molecule has 1 saturated heterocycles. The zero-order valence-corrected chi connectivity index (χ0v) is 36.5. The van der Waals surface area contributed by atoms with Crippen LogP contribution in [0.5, 0.6) is 11.5 Å². The van der Waals surface area contributed by atoms with Crippen LogP contribution in [0.1, 0.15) is 93.2 Å². The third kappa shape index (κ3) is 8.45. The number of fused-ring (bicyclic) bond motifs is 13. The van der Waals surface area contributed by atoms with Crippen LogP contribution in [-0.4, -0.2) is 118 Å². The predicted octanol–water partition coefficient (Wildman–Crippen LogP) is 4.19. The zero-order chi connectivity index (χ0) is 44.7. The SMILES string of the molecule is C=CCN1CCC2(CC1)CNC1=C3NC(=O)/C(C)=C\C=C\[C@H](C)[C@H](O)[C@@H](C)[C@@H](O)[C@@H](C)[C@H](OC(C)=O)[C@H](C)[C@@H](OC)/C=C/O[C@@]4(C)Oc5c(C)c(O)c(c(c5C4=O)C1=N2)C3=O. The fraction of sp³-hybridized carbons (Fsp3) is 0.543. The molecule has 0 saturated carbocycles. The molecule has 0 radical (unpaired) electrons. The van der Waals surface area contributed by atoms with Gasteiger partial charge in [0.25, 0.3) is 11.7 Å². The lowest BCUT2D eigenvalue weighted by Crippen LogP contribution is -2.54. The van der Waals surface area contributed by atoms with Crippen molar-refractivity contribution in [2.24, 2.45) is 28.7 Å². The van der Waals surface area contributed by atoms with E-state index in [0.29, 0.717) is 19.4 Å². The summed E-state index contributed by atoms with van der Waals surface area (Å²) in [5.74, 6) is -7.31. The van der Waals surface area contributed by atoms with E-state index < -0.39 is 88.6 Å². The van der Waals surface area contributed by atoms with Crippen molar-refractivity contribution in [2.45, 2.75) is 104 Å².